The Kier molecular flexibility index (Phi) is 4.89. The van der Waals surface area contributed by atoms with Crippen LogP contribution < -0.4 is 4.90 Å². The summed E-state index contributed by atoms with van der Waals surface area (Å²) in [6.07, 6.45) is 3.71. The monoisotopic (exact) mass is 367 g/mol. The summed E-state index contributed by atoms with van der Waals surface area (Å²) in [4.78, 5) is 37.9. The molecule has 2 aliphatic rings. The normalized spacial score (nSPS) is 22.7. The molecule has 0 bridgehead atoms. The molecule has 2 aliphatic heterocycles. The van der Waals surface area contributed by atoms with E-state index in [2.05, 4.69) is 9.97 Å². The highest BCUT2D eigenvalue weighted by Gasteiger charge is 2.36. The minimum Gasteiger partial charge on any atom is -0.337 e. The third-order valence-corrected chi connectivity index (χ3v) is 6.41. The van der Waals surface area contributed by atoms with Crippen molar-refractivity contribution in [3.8, 4) is 0 Å². The molecule has 1 unspecified atom stereocenters. The Morgan fingerprint density at radius 3 is 2.36 bits per heavy atom. The molecule has 0 radical (unpaired) electrons. The van der Waals surface area contributed by atoms with Crippen LogP contribution in [0.4, 0.5) is 5.95 Å². The smallest absolute Gasteiger partial charge is 0.312 e. The van der Waals surface area contributed by atoms with Crippen molar-refractivity contribution in [2.24, 2.45) is 0 Å². The standard InChI is InChI=1S/C15H21N5O4S/c1-18(12-3-10-25(23,24)11-12)13(21)14(22)19-6-8-20(9-7-19)15-16-4-2-5-17-15/h2,4-5,12H,3,6-11H2,1H3. The Morgan fingerprint density at radius 1 is 1.16 bits per heavy atom. The summed E-state index contributed by atoms with van der Waals surface area (Å²) in [6.45, 7) is 1.90. The highest BCUT2D eigenvalue weighted by molar-refractivity contribution is 7.91. The molecule has 9 nitrogen and oxygen atoms in total. The topological polar surface area (TPSA) is 104 Å². The maximum Gasteiger partial charge on any atom is 0.312 e. The number of aromatic nitrogens is 2. The molecule has 0 N–H and O–H groups in total. The number of rotatable bonds is 2. The number of hydrogen-bond donors (Lipinski definition) is 0. The Labute approximate surface area is 146 Å². The van der Waals surface area contributed by atoms with Gasteiger partial charge in [0.1, 0.15) is 0 Å². The van der Waals surface area contributed by atoms with E-state index < -0.39 is 27.7 Å². The van der Waals surface area contributed by atoms with Crippen LogP contribution in [0, 0.1) is 0 Å². The number of hydrogen-bond acceptors (Lipinski definition) is 7. The molecule has 25 heavy (non-hydrogen) atoms. The van der Waals surface area contributed by atoms with Crippen LogP contribution in [-0.4, -0.2) is 90.8 Å². The lowest BCUT2D eigenvalue weighted by atomic mass is 10.2. The van der Waals surface area contributed by atoms with Gasteiger partial charge in [-0.25, -0.2) is 18.4 Å². The van der Waals surface area contributed by atoms with E-state index in [-0.39, 0.29) is 11.5 Å². The molecule has 0 spiro atoms. The van der Waals surface area contributed by atoms with Gasteiger partial charge >= 0.3 is 11.8 Å². The second kappa shape index (κ2) is 6.95. The van der Waals surface area contributed by atoms with Gasteiger partial charge in [0, 0.05) is 51.7 Å². The first kappa shape index (κ1) is 17.6. The summed E-state index contributed by atoms with van der Waals surface area (Å²) >= 11 is 0. The first-order chi connectivity index (χ1) is 11.9. The largest absolute Gasteiger partial charge is 0.337 e. The second-order valence-electron chi connectivity index (χ2n) is 6.30. The number of sulfone groups is 1. The van der Waals surface area contributed by atoms with Crippen LogP contribution >= 0.6 is 0 Å². The molecule has 0 aromatic carbocycles. The molecule has 0 aliphatic carbocycles. The molecule has 136 valence electrons. The Morgan fingerprint density at radius 2 is 1.80 bits per heavy atom. The first-order valence-corrected chi connectivity index (χ1v) is 9.98. The van der Waals surface area contributed by atoms with Gasteiger partial charge in [0.2, 0.25) is 5.95 Å². The van der Waals surface area contributed by atoms with E-state index in [4.69, 9.17) is 0 Å². The predicted molar refractivity (Wildman–Crippen MR) is 90.7 cm³/mol. The summed E-state index contributed by atoms with van der Waals surface area (Å²) in [6, 6.07) is 1.32. The number of likely N-dealkylation sites (N-methyl/N-ethyl adjacent to an activating group) is 1. The summed E-state index contributed by atoms with van der Waals surface area (Å²) in [5.74, 6) is -0.623. The van der Waals surface area contributed by atoms with Gasteiger partial charge in [-0.1, -0.05) is 0 Å². The highest BCUT2D eigenvalue weighted by atomic mass is 32.2. The SMILES string of the molecule is CN(C(=O)C(=O)N1CCN(c2ncccn2)CC1)C1CCS(=O)(=O)C1. The van der Waals surface area contributed by atoms with E-state index in [0.29, 0.717) is 38.5 Å². The molecule has 3 rings (SSSR count). The molecule has 2 fully saturated rings. The summed E-state index contributed by atoms with van der Waals surface area (Å²) in [7, 11) is -1.60. The van der Waals surface area contributed by atoms with E-state index in [0.717, 1.165) is 0 Å². The predicted octanol–water partition coefficient (Wildman–Crippen LogP) is -1.23. The maximum atomic E-state index is 12.4. The van der Waals surface area contributed by atoms with Crippen molar-refractivity contribution in [2.45, 2.75) is 12.5 Å². The fourth-order valence-corrected chi connectivity index (χ4v) is 4.87. The quantitative estimate of drug-likeness (QED) is 0.603. The van der Waals surface area contributed by atoms with Gasteiger partial charge < -0.3 is 14.7 Å². The minimum atomic E-state index is -3.10. The number of carbonyl (C=O) groups excluding carboxylic acids is 2. The molecular weight excluding hydrogens is 346 g/mol. The third-order valence-electron chi connectivity index (χ3n) is 4.66. The van der Waals surface area contributed by atoms with Crippen molar-refractivity contribution in [1.29, 1.82) is 0 Å². The van der Waals surface area contributed by atoms with Gasteiger partial charge in [-0.3, -0.25) is 9.59 Å². The average molecular weight is 367 g/mol. The van der Waals surface area contributed by atoms with Crippen molar-refractivity contribution in [3.63, 3.8) is 0 Å². The van der Waals surface area contributed by atoms with Crippen molar-refractivity contribution in [3.05, 3.63) is 18.5 Å². The van der Waals surface area contributed by atoms with Crippen molar-refractivity contribution >= 4 is 27.6 Å². The van der Waals surface area contributed by atoms with Gasteiger partial charge in [0.05, 0.1) is 11.5 Å². The molecule has 1 aromatic heterocycles. The molecule has 0 saturated carbocycles. The molecule has 1 atom stereocenters. The fourth-order valence-electron chi connectivity index (χ4n) is 3.10. The van der Waals surface area contributed by atoms with Gasteiger partial charge in [-0.15, -0.1) is 0 Å². The van der Waals surface area contributed by atoms with E-state index in [1.165, 1.54) is 16.8 Å². The summed E-state index contributed by atoms with van der Waals surface area (Å²) in [5, 5.41) is 0. The molecule has 10 heteroatoms. The third kappa shape index (κ3) is 3.89. The van der Waals surface area contributed by atoms with Crippen LogP contribution in [0.15, 0.2) is 18.5 Å². The van der Waals surface area contributed by atoms with Crippen molar-refractivity contribution in [2.75, 3.05) is 49.6 Å². The number of anilines is 1. The van der Waals surface area contributed by atoms with E-state index in [9.17, 15) is 18.0 Å². The molecule has 2 amide bonds. The van der Waals surface area contributed by atoms with E-state index in [1.807, 2.05) is 4.90 Å². The first-order valence-electron chi connectivity index (χ1n) is 8.16. The van der Waals surface area contributed by atoms with Gasteiger partial charge in [0.15, 0.2) is 9.84 Å². The summed E-state index contributed by atoms with van der Waals surface area (Å²) in [5.41, 5.74) is 0. The van der Waals surface area contributed by atoms with Crippen LogP contribution in [0.1, 0.15) is 6.42 Å². The van der Waals surface area contributed by atoms with Crippen LogP contribution in [0.25, 0.3) is 0 Å². The molecular formula is C15H21N5O4S. The van der Waals surface area contributed by atoms with Crippen LogP contribution in [0.3, 0.4) is 0 Å². The Bertz CT molecular complexity index is 746. The van der Waals surface area contributed by atoms with Gasteiger partial charge in [-0.2, -0.15) is 0 Å². The molecule has 1 aromatic rings. The van der Waals surface area contributed by atoms with E-state index >= 15 is 0 Å². The number of piperazine rings is 1. The number of nitrogens with zero attached hydrogens (tertiary/aromatic N) is 5. The zero-order valence-electron chi connectivity index (χ0n) is 14.0. The van der Waals surface area contributed by atoms with Crippen LogP contribution in [-0.2, 0) is 19.4 Å². The van der Waals surface area contributed by atoms with Crippen molar-refractivity contribution in [1.82, 2.24) is 19.8 Å². The maximum absolute atomic E-state index is 12.4. The van der Waals surface area contributed by atoms with Crippen molar-refractivity contribution < 1.29 is 18.0 Å². The zero-order valence-corrected chi connectivity index (χ0v) is 14.9. The fraction of sp³-hybridized carbons (Fsp3) is 0.600. The molecule has 2 saturated heterocycles. The number of carbonyl (C=O) groups is 2. The molecule has 3 heterocycles. The van der Waals surface area contributed by atoms with E-state index in [1.54, 1.807) is 18.5 Å². The van der Waals surface area contributed by atoms with Crippen LogP contribution in [0.2, 0.25) is 0 Å². The minimum absolute atomic E-state index is 0.0678. The number of amides is 2. The van der Waals surface area contributed by atoms with Gasteiger partial charge in [-0.05, 0) is 12.5 Å². The lowest BCUT2D eigenvalue weighted by molar-refractivity contribution is -0.152. The van der Waals surface area contributed by atoms with Crippen LogP contribution in [0.5, 0.6) is 0 Å². The lowest BCUT2D eigenvalue weighted by Gasteiger charge is -2.35. The lowest BCUT2D eigenvalue weighted by Crippen LogP contribution is -2.54. The Balaban J connectivity index is 1.56. The highest BCUT2D eigenvalue weighted by Crippen LogP contribution is 2.17. The zero-order chi connectivity index (χ0) is 18.0. The Hall–Kier alpha value is -2.23. The summed E-state index contributed by atoms with van der Waals surface area (Å²) < 4.78 is 23.1. The van der Waals surface area contributed by atoms with Gasteiger partial charge in [0.25, 0.3) is 0 Å². The second-order valence-corrected chi connectivity index (χ2v) is 8.53. The average Bonchev–Trinajstić information content (AvgIpc) is 3.00.